The number of piperidine rings is 1. The molecule has 3 N–H and O–H groups in total. The van der Waals surface area contributed by atoms with Crippen molar-refractivity contribution in [1.29, 1.82) is 0 Å². The van der Waals surface area contributed by atoms with Gasteiger partial charge in [0.2, 0.25) is 11.8 Å². The largest absolute Gasteiger partial charge is 0.371 e. The van der Waals surface area contributed by atoms with Crippen molar-refractivity contribution >= 4 is 23.6 Å². The zero-order valence-electron chi connectivity index (χ0n) is 17.9. The van der Waals surface area contributed by atoms with Crippen LogP contribution >= 0.6 is 0 Å². The molecule has 3 fully saturated rings. The summed E-state index contributed by atoms with van der Waals surface area (Å²) in [6.45, 7) is 2.78. The van der Waals surface area contributed by atoms with Gasteiger partial charge in [-0.3, -0.25) is 29.4 Å². The van der Waals surface area contributed by atoms with Crippen molar-refractivity contribution in [2.45, 2.75) is 62.8 Å². The molecule has 2 saturated heterocycles. The molecule has 1 aromatic carbocycles. The molecule has 1 aliphatic carbocycles. The highest BCUT2D eigenvalue weighted by Crippen LogP contribution is 2.34. The Labute approximate surface area is 186 Å². The number of imide groups is 2. The van der Waals surface area contributed by atoms with Gasteiger partial charge in [0.05, 0.1) is 23.3 Å². The van der Waals surface area contributed by atoms with Gasteiger partial charge in [-0.2, -0.15) is 0 Å². The maximum atomic E-state index is 13.3. The van der Waals surface area contributed by atoms with Crippen LogP contribution in [0.1, 0.15) is 64.8 Å². The van der Waals surface area contributed by atoms with E-state index >= 15 is 0 Å². The smallest absolute Gasteiger partial charge is 0.262 e. The molecule has 5 rings (SSSR count). The molecule has 4 aliphatic rings. The van der Waals surface area contributed by atoms with Crippen LogP contribution in [0.2, 0.25) is 0 Å². The van der Waals surface area contributed by atoms with Gasteiger partial charge >= 0.3 is 0 Å². The van der Waals surface area contributed by atoms with Gasteiger partial charge in [0.25, 0.3) is 11.8 Å². The van der Waals surface area contributed by atoms with E-state index in [4.69, 9.17) is 4.74 Å². The molecule has 1 unspecified atom stereocenters. The number of hydrogen-bond donors (Lipinski definition) is 3. The summed E-state index contributed by atoms with van der Waals surface area (Å²) in [7, 11) is 0. The van der Waals surface area contributed by atoms with Crippen molar-refractivity contribution in [2.24, 2.45) is 0 Å². The number of carbonyl (C=O) groups is 4. The van der Waals surface area contributed by atoms with Crippen molar-refractivity contribution in [3.63, 3.8) is 0 Å². The molecule has 1 saturated carbocycles. The zero-order chi connectivity index (χ0) is 22.3. The van der Waals surface area contributed by atoms with Gasteiger partial charge < -0.3 is 15.4 Å². The lowest BCUT2D eigenvalue weighted by molar-refractivity contribution is -0.136. The molecular formula is C23H28N4O5. The fourth-order valence-electron chi connectivity index (χ4n) is 5.53. The summed E-state index contributed by atoms with van der Waals surface area (Å²) in [6.07, 6.45) is 4.50. The van der Waals surface area contributed by atoms with Crippen molar-refractivity contribution in [1.82, 2.24) is 20.9 Å². The van der Waals surface area contributed by atoms with Crippen molar-refractivity contribution in [3.05, 3.63) is 34.9 Å². The van der Waals surface area contributed by atoms with Crippen LogP contribution in [0.15, 0.2) is 18.2 Å². The number of ether oxygens (including phenoxy) is 1. The molecule has 0 radical (unpaired) electrons. The quantitative estimate of drug-likeness (QED) is 0.583. The SMILES string of the molecule is O=C1CCC(N2C(=O)c3cccc(CN[C@@H]4CCCC[C@@]45CNCCO5)c3C2=O)C(=O)N1. The van der Waals surface area contributed by atoms with E-state index in [0.29, 0.717) is 24.3 Å². The number of rotatable bonds is 4. The third-order valence-electron chi connectivity index (χ3n) is 7.16. The second kappa shape index (κ2) is 8.38. The lowest BCUT2D eigenvalue weighted by Gasteiger charge is -2.47. The number of carbonyl (C=O) groups excluding carboxylic acids is 4. The third kappa shape index (κ3) is 3.54. The van der Waals surface area contributed by atoms with Crippen molar-refractivity contribution in [3.8, 4) is 0 Å². The minimum Gasteiger partial charge on any atom is -0.371 e. The third-order valence-corrected chi connectivity index (χ3v) is 7.16. The molecule has 170 valence electrons. The minimum atomic E-state index is -0.954. The van der Waals surface area contributed by atoms with E-state index in [2.05, 4.69) is 16.0 Å². The number of hydrogen-bond acceptors (Lipinski definition) is 7. The Bertz CT molecular complexity index is 963. The zero-order valence-corrected chi connectivity index (χ0v) is 17.9. The van der Waals surface area contributed by atoms with Crippen molar-refractivity contribution in [2.75, 3.05) is 19.7 Å². The molecule has 32 heavy (non-hydrogen) atoms. The van der Waals surface area contributed by atoms with E-state index < -0.39 is 23.8 Å². The van der Waals surface area contributed by atoms with E-state index in [-0.39, 0.29) is 30.4 Å². The van der Waals surface area contributed by atoms with Crippen LogP contribution in [-0.4, -0.2) is 65.9 Å². The highest BCUT2D eigenvalue weighted by molar-refractivity contribution is 6.24. The first-order valence-corrected chi connectivity index (χ1v) is 11.4. The van der Waals surface area contributed by atoms with E-state index in [1.54, 1.807) is 12.1 Å². The normalized spacial score (nSPS) is 30.6. The predicted octanol–water partition coefficient (Wildman–Crippen LogP) is 0.479. The number of benzene rings is 1. The maximum absolute atomic E-state index is 13.3. The van der Waals surface area contributed by atoms with Gasteiger partial charge in [-0.05, 0) is 30.9 Å². The average Bonchev–Trinajstić information content (AvgIpc) is 3.05. The standard InChI is InChI=1S/C23H28N4O5/c28-18-8-7-16(20(29)26-18)27-21(30)15-5-3-4-14(19(15)22(27)31)12-25-17-6-1-2-9-23(17)13-24-10-11-32-23/h3-5,16-17,24-25H,1-2,6-13H2,(H,26,28,29)/t16?,17-,23-/m1/s1. The second-order valence-corrected chi connectivity index (χ2v) is 9.06. The first kappa shape index (κ1) is 21.2. The molecule has 3 aliphatic heterocycles. The maximum Gasteiger partial charge on any atom is 0.262 e. The Kier molecular flexibility index (Phi) is 5.56. The first-order valence-electron chi connectivity index (χ1n) is 11.4. The molecule has 9 heteroatoms. The van der Waals surface area contributed by atoms with Gasteiger partial charge in [-0.1, -0.05) is 25.0 Å². The fourth-order valence-corrected chi connectivity index (χ4v) is 5.53. The minimum absolute atomic E-state index is 0.107. The summed E-state index contributed by atoms with van der Waals surface area (Å²) < 4.78 is 6.23. The molecule has 0 bridgehead atoms. The Morgan fingerprint density at radius 1 is 1.12 bits per heavy atom. The van der Waals surface area contributed by atoms with Gasteiger partial charge in [0.15, 0.2) is 0 Å². The first-order chi connectivity index (χ1) is 15.5. The molecule has 3 atom stereocenters. The fraction of sp³-hybridized carbons (Fsp3) is 0.565. The van der Waals surface area contributed by atoms with Crippen LogP contribution in [0, 0.1) is 0 Å². The second-order valence-electron chi connectivity index (χ2n) is 9.06. The Morgan fingerprint density at radius 2 is 2.00 bits per heavy atom. The number of nitrogens with zero attached hydrogens (tertiary/aromatic N) is 1. The monoisotopic (exact) mass is 440 g/mol. The lowest BCUT2D eigenvalue weighted by Crippen LogP contribution is -2.62. The molecule has 4 amide bonds. The van der Waals surface area contributed by atoms with Crippen LogP contribution in [0.4, 0.5) is 0 Å². The van der Waals surface area contributed by atoms with E-state index in [0.717, 1.165) is 49.2 Å². The van der Waals surface area contributed by atoms with Crippen LogP contribution in [0.5, 0.6) is 0 Å². The summed E-state index contributed by atoms with van der Waals surface area (Å²) in [5.74, 6) is -1.92. The Balaban J connectivity index is 1.36. The topological polar surface area (TPSA) is 117 Å². The van der Waals surface area contributed by atoms with E-state index in [1.807, 2.05) is 6.07 Å². The predicted molar refractivity (Wildman–Crippen MR) is 114 cm³/mol. The van der Waals surface area contributed by atoms with Crippen LogP contribution < -0.4 is 16.0 Å². The average molecular weight is 441 g/mol. The van der Waals surface area contributed by atoms with E-state index in [1.165, 1.54) is 0 Å². The summed E-state index contributed by atoms with van der Waals surface area (Å²) in [6, 6.07) is 4.44. The van der Waals surface area contributed by atoms with Gasteiger partial charge in [-0.25, -0.2) is 0 Å². The summed E-state index contributed by atoms with van der Waals surface area (Å²) in [5, 5.41) is 9.28. The number of fused-ring (bicyclic) bond motifs is 1. The molecule has 0 aromatic heterocycles. The highest BCUT2D eigenvalue weighted by atomic mass is 16.5. The highest BCUT2D eigenvalue weighted by Gasteiger charge is 2.46. The lowest BCUT2D eigenvalue weighted by atomic mass is 9.79. The number of nitrogens with one attached hydrogen (secondary N) is 3. The molecule has 9 nitrogen and oxygen atoms in total. The molecule has 1 spiro atoms. The van der Waals surface area contributed by atoms with Gasteiger partial charge in [-0.15, -0.1) is 0 Å². The summed E-state index contributed by atoms with van der Waals surface area (Å²) >= 11 is 0. The van der Waals surface area contributed by atoms with E-state index in [9.17, 15) is 19.2 Å². The van der Waals surface area contributed by atoms with Gasteiger partial charge in [0.1, 0.15) is 6.04 Å². The van der Waals surface area contributed by atoms with Crippen LogP contribution in [0.3, 0.4) is 0 Å². The van der Waals surface area contributed by atoms with Crippen molar-refractivity contribution < 1.29 is 23.9 Å². The molecule has 1 aromatic rings. The van der Waals surface area contributed by atoms with Crippen LogP contribution in [0.25, 0.3) is 0 Å². The van der Waals surface area contributed by atoms with Crippen LogP contribution in [-0.2, 0) is 20.9 Å². The number of morpholine rings is 1. The number of amides is 4. The Morgan fingerprint density at radius 3 is 2.78 bits per heavy atom. The summed E-state index contributed by atoms with van der Waals surface area (Å²) in [5.41, 5.74) is 1.16. The molecule has 3 heterocycles. The molecular weight excluding hydrogens is 412 g/mol. The summed E-state index contributed by atoms with van der Waals surface area (Å²) in [4.78, 5) is 51.1. The Hall–Kier alpha value is -2.62. The van der Waals surface area contributed by atoms with Gasteiger partial charge in [0, 0.05) is 32.1 Å².